The van der Waals surface area contributed by atoms with Crippen molar-refractivity contribution in [1.82, 2.24) is 0 Å². The first kappa shape index (κ1) is 21.0. The number of ether oxygens (including phenoxy) is 1. The molecule has 0 aliphatic heterocycles. The van der Waals surface area contributed by atoms with Crippen LogP contribution in [0.1, 0.15) is 25.3 Å². The van der Waals surface area contributed by atoms with Crippen LogP contribution in [-0.4, -0.2) is 45.7 Å². The maximum atomic E-state index is 12.2. The second kappa shape index (κ2) is 7.92. The molecule has 0 saturated heterocycles. The van der Waals surface area contributed by atoms with E-state index >= 15 is 0 Å². The molecule has 0 bridgehead atoms. The van der Waals surface area contributed by atoms with Gasteiger partial charge >= 0.3 is 0 Å². The largest absolute Gasteiger partial charge is 0.357 e. The van der Waals surface area contributed by atoms with Gasteiger partial charge in [-0.1, -0.05) is 37.3 Å². The van der Waals surface area contributed by atoms with E-state index in [1.54, 1.807) is 0 Å². The van der Waals surface area contributed by atoms with Crippen molar-refractivity contribution in [2.45, 2.75) is 42.7 Å². The normalized spacial score (nSPS) is 15.9. The van der Waals surface area contributed by atoms with Gasteiger partial charge in [0.1, 0.15) is 6.23 Å². The van der Waals surface area contributed by atoms with Crippen LogP contribution in [-0.2, 0) is 31.0 Å². The Morgan fingerprint density at radius 2 is 1.54 bits per heavy atom. The fourth-order valence-electron chi connectivity index (χ4n) is 2.61. The van der Waals surface area contributed by atoms with Crippen LogP contribution >= 0.6 is 0 Å². The molecule has 0 amide bonds. The number of benzene rings is 1. The van der Waals surface area contributed by atoms with Crippen molar-refractivity contribution in [2.24, 2.45) is 11.5 Å². The van der Waals surface area contributed by atoms with E-state index in [1.165, 1.54) is 6.92 Å². The Morgan fingerprint density at radius 1 is 1.04 bits per heavy atom. The van der Waals surface area contributed by atoms with Gasteiger partial charge in [-0.3, -0.25) is 0 Å². The van der Waals surface area contributed by atoms with Gasteiger partial charge in [0.15, 0.2) is 23.8 Å². The Hall–Kier alpha value is -1.00. The monoisotopic (exact) mass is 378 g/mol. The lowest BCUT2D eigenvalue weighted by atomic mass is 10.1. The summed E-state index contributed by atoms with van der Waals surface area (Å²) in [5.74, 6) is 0. The summed E-state index contributed by atoms with van der Waals surface area (Å²) in [4.78, 5) is 0. The highest BCUT2D eigenvalue weighted by atomic mass is 32.3. The predicted molar refractivity (Wildman–Crippen MR) is 94.5 cm³/mol. The van der Waals surface area contributed by atoms with Crippen LogP contribution in [0.2, 0.25) is 0 Å². The fraction of sp³-hybridized carbons (Fsp3) is 0.600. The molecule has 9 heteroatoms. The van der Waals surface area contributed by atoms with Gasteiger partial charge in [0.05, 0.1) is 6.61 Å². The second-order valence-corrected chi connectivity index (χ2v) is 10.8. The third kappa shape index (κ3) is 4.76. The molecule has 1 unspecified atom stereocenters. The van der Waals surface area contributed by atoms with E-state index in [4.69, 9.17) is 16.2 Å². The minimum Gasteiger partial charge on any atom is -0.357 e. The van der Waals surface area contributed by atoms with Gasteiger partial charge in [-0.25, -0.2) is 16.8 Å². The topological polar surface area (TPSA) is 130 Å². The zero-order valence-electron chi connectivity index (χ0n) is 14.2. The Bertz CT molecular complexity index is 700. The minimum absolute atomic E-state index is 0.107. The van der Waals surface area contributed by atoms with Crippen LogP contribution in [0, 0.1) is 0 Å². The zero-order chi connectivity index (χ0) is 18.6. The van der Waals surface area contributed by atoms with Crippen LogP contribution < -0.4 is 11.5 Å². The fourth-order valence-corrected chi connectivity index (χ4v) is 6.85. The zero-order valence-corrected chi connectivity index (χ0v) is 15.8. The Balaban J connectivity index is 2.90. The summed E-state index contributed by atoms with van der Waals surface area (Å²) in [5.41, 5.74) is 12.7. The summed E-state index contributed by atoms with van der Waals surface area (Å²) in [6, 6.07) is 8.31. The van der Waals surface area contributed by atoms with Crippen molar-refractivity contribution < 1.29 is 21.6 Å². The molecule has 0 saturated carbocycles. The van der Waals surface area contributed by atoms with E-state index in [1.807, 2.05) is 30.3 Å². The number of nitrogens with two attached hydrogens (primary N) is 2. The molecule has 1 aromatic carbocycles. The molecular formula is C15H26N2O5S2. The first-order valence-corrected chi connectivity index (χ1v) is 11.3. The van der Waals surface area contributed by atoms with Crippen LogP contribution in [0.5, 0.6) is 0 Å². The molecule has 0 spiro atoms. The summed E-state index contributed by atoms with van der Waals surface area (Å²) < 4.78 is 52.1. The van der Waals surface area contributed by atoms with E-state index < -0.39 is 36.0 Å². The molecular weight excluding hydrogens is 352 g/mol. The average Bonchev–Trinajstić information content (AvgIpc) is 2.48. The molecule has 7 nitrogen and oxygen atoms in total. The second-order valence-electron chi connectivity index (χ2n) is 5.94. The van der Waals surface area contributed by atoms with E-state index in [2.05, 4.69) is 0 Å². The molecule has 138 valence electrons. The number of hydrogen-bond donors (Lipinski definition) is 2. The average molecular weight is 379 g/mol. The van der Waals surface area contributed by atoms with Crippen LogP contribution in [0.4, 0.5) is 0 Å². The van der Waals surface area contributed by atoms with Gasteiger partial charge in [-0.15, -0.1) is 0 Å². The highest BCUT2D eigenvalue weighted by molar-refractivity contribution is 8.09. The van der Waals surface area contributed by atoms with Crippen LogP contribution in [0.15, 0.2) is 30.3 Å². The third-order valence-corrected chi connectivity index (χ3v) is 9.57. The van der Waals surface area contributed by atoms with Crippen molar-refractivity contribution in [3.63, 3.8) is 0 Å². The molecule has 1 aromatic rings. The number of rotatable bonds is 9. The number of hydrogen-bond acceptors (Lipinski definition) is 7. The highest BCUT2D eigenvalue weighted by Gasteiger charge is 2.50. The van der Waals surface area contributed by atoms with E-state index in [-0.39, 0.29) is 19.4 Å². The van der Waals surface area contributed by atoms with Crippen LogP contribution in [0.3, 0.4) is 0 Å². The van der Waals surface area contributed by atoms with Gasteiger partial charge < -0.3 is 16.2 Å². The van der Waals surface area contributed by atoms with E-state index in [9.17, 15) is 16.8 Å². The van der Waals surface area contributed by atoms with Crippen LogP contribution in [0.25, 0.3) is 0 Å². The molecule has 0 radical (unpaired) electrons. The lowest BCUT2D eigenvalue weighted by Crippen LogP contribution is -2.54. The molecule has 0 aliphatic rings. The minimum atomic E-state index is -3.91. The van der Waals surface area contributed by atoms with Gasteiger partial charge in [-0.05, 0) is 12.0 Å². The maximum absolute atomic E-state index is 12.2. The van der Waals surface area contributed by atoms with Crippen molar-refractivity contribution >= 4 is 19.7 Å². The molecule has 24 heavy (non-hydrogen) atoms. The summed E-state index contributed by atoms with van der Waals surface area (Å²) in [6.45, 7) is 1.71. The first-order chi connectivity index (χ1) is 10.9. The molecule has 2 atom stereocenters. The molecule has 1 rings (SSSR count). The molecule has 0 aliphatic carbocycles. The summed E-state index contributed by atoms with van der Waals surface area (Å²) >= 11 is 0. The summed E-state index contributed by atoms with van der Waals surface area (Å²) in [6.07, 6.45) is 0.391. The Kier molecular flexibility index (Phi) is 6.94. The lowest BCUT2D eigenvalue weighted by Gasteiger charge is -2.33. The molecule has 0 aromatic heterocycles. The summed E-state index contributed by atoms with van der Waals surface area (Å²) in [7, 11) is -7.82. The van der Waals surface area contributed by atoms with Gasteiger partial charge in [0.2, 0.25) is 0 Å². The van der Waals surface area contributed by atoms with Gasteiger partial charge in [-0.2, -0.15) is 0 Å². The van der Waals surface area contributed by atoms with Crippen molar-refractivity contribution in [2.75, 3.05) is 12.5 Å². The first-order valence-electron chi connectivity index (χ1n) is 7.50. The molecule has 0 fully saturated rings. The van der Waals surface area contributed by atoms with E-state index in [0.29, 0.717) is 0 Å². The van der Waals surface area contributed by atoms with Gasteiger partial charge in [0, 0.05) is 25.0 Å². The Morgan fingerprint density at radius 3 is 1.96 bits per heavy atom. The van der Waals surface area contributed by atoms with E-state index in [0.717, 1.165) is 18.1 Å². The standard InChI is InChI=1S/C15H26N2O5S2/c1-4-15(23(2,18)19,24(3,20)21)10-13(16)14(17)22-11-12-8-6-5-7-9-12/h5-9,13-14H,4,10-11,16-17H2,1-3H3/t13?,14-/m0/s1. The summed E-state index contributed by atoms with van der Waals surface area (Å²) in [5, 5.41) is 0. The number of sulfone groups is 2. The van der Waals surface area contributed by atoms with Crippen molar-refractivity contribution in [1.29, 1.82) is 0 Å². The smallest absolute Gasteiger partial charge is 0.174 e. The Labute approximate surface area is 144 Å². The predicted octanol–water partition coefficient (Wildman–Crippen LogP) is 0.401. The van der Waals surface area contributed by atoms with Gasteiger partial charge in [0.25, 0.3) is 0 Å². The van der Waals surface area contributed by atoms with Crippen molar-refractivity contribution in [3.8, 4) is 0 Å². The SMILES string of the molecule is CCC(CC(N)[C@@H](N)OCc1ccccc1)(S(C)(=O)=O)S(C)(=O)=O. The maximum Gasteiger partial charge on any atom is 0.174 e. The lowest BCUT2D eigenvalue weighted by molar-refractivity contribution is 0.0251. The quantitative estimate of drug-likeness (QED) is 0.595. The highest BCUT2D eigenvalue weighted by Crippen LogP contribution is 2.33. The molecule has 4 N–H and O–H groups in total. The van der Waals surface area contributed by atoms with Crippen molar-refractivity contribution in [3.05, 3.63) is 35.9 Å². The third-order valence-electron chi connectivity index (χ3n) is 4.14. The molecule has 0 heterocycles.